The second-order valence-electron chi connectivity index (χ2n) is 4.74. The van der Waals surface area contributed by atoms with Crippen LogP contribution in [0.1, 0.15) is 0 Å². The number of hydrogen-bond donors (Lipinski definition) is 0. The fraction of sp³-hybridized carbons (Fsp3) is 0. The van der Waals surface area contributed by atoms with Crippen LogP contribution in [0, 0.1) is 0 Å². The molecule has 4 aromatic rings. The van der Waals surface area contributed by atoms with Crippen molar-refractivity contribution in [1.82, 2.24) is 14.6 Å². The Morgan fingerprint density at radius 3 is 2.74 bits per heavy atom. The zero-order valence-electron chi connectivity index (χ0n) is 11.6. The highest BCUT2D eigenvalue weighted by Crippen LogP contribution is 2.31. The third kappa shape index (κ3) is 2.85. The summed E-state index contributed by atoms with van der Waals surface area (Å²) in [6, 6.07) is 13.1. The van der Waals surface area contributed by atoms with E-state index in [9.17, 15) is 0 Å². The number of thiophene rings is 1. The molecule has 0 saturated heterocycles. The number of fused-ring (bicyclic) bond motifs is 1. The highest BCUT2D eigenvalue weighted by molar-refractivity contribution is 9.10. The first-order valence-electron chi connectivity index (χ1n) is 6.72. The molecule has 0 aliphatic heterocycles. The van der Waals surface area contributed by atoms with Crippen molar-refractivity contribution >= 4 is 44.5 Å². The number of benzene rings is 1. The van der Waals surface area contributed by atoms with E-state index >= 15 is 0 Å². The van der Waals surface area contributed by atoms with Crippen molar-refractivity contribution in [3.05, 3.63) is 63.5 Å². The largest absolute Gasteiger partial charge is 0.439 e. The molecule has 4 rings (SSSR count). The molecule has 0 N–H and O–H groups in total. The van der Waals surface area contributed by atoms with Gasteiger partial charge in [0.05, 0.1) is 21.2 Å². The summed E-state index contributed by atoms with van der Waals surface area (Å²) in [5, 5.41) is 7.00. The van der Waals surface area contributed by atoms with Crippen LogP contribution in [0.15, 0.2) is 58.5 Å². The van der Waals surface area contributed by atoms with E-state index in [0.29, 0.717) is 22.3 Å². The van der Waals surface area contributed by atoms with Crippen molar-refractivity contribution in [2.75, 3.05) is 0 Å². The zero-order valence-corrected chi connectivity index (χ0v) is 14.8. The molecule has 23 heavy (non-hydrogen) atoms. The second-order valence-corrected chi connectivity index (χ2v) is 6.98. The first kappa shape index (κ1) is 14.7. The fourth-order valence-electron chi connectivity index (χ4n) is 2.16. The SMILES string of the molecule is Clc1ccc(Oc2cc(-c3cccs3)nc3c(Br)cnn23)cc1. The predicted octanol–water partition coefficient (Wildman–Crippen LogP) is 5.67. The Morgan fingerprint density at radius 2 is 2.00 bits per heavy atom. The van der Waals surface area contributed by atoms with E-state index < -0.39 is 0 Å². The van der Waals surface area contributed by atoms with E-state index in [-0.39, 0.29) is 0 Å². The smallest absolute Gasteiger partial charge is 0.224 e. The third-order valence-corrected chi connectivity index (χ3v) is 4.91. The quantitative estimate of drug-likeness (QED) is 0.440. The molecule has 0 aliphatic carbocycles. The van der Waals surface area contributed by atoms with Gasteiger partial charge in [-0.1, -0.05) is 17.7 Å². The van der Waals surface area contributed by atoms with E-state index in [1.165, 1.54) is 0 Å². The van der Waals surface area contributed by atoms with Gasteiger partial charge in [-0.05, 0) is 51.6 Å². The van der Waals surface area contributed by atoms with E-state index in [4.69, 9.17) is 16.3 Å². The number of aromatic nitrogens is 3. The lowest BCUT2D eigenvalue weighted by atomic mass is 10.3. The molecular formula is C16H9BrClN3OS. The summed E-state index contributed by atoms with van der Waals surface area (Å²) in [7, 11) is 0. The van der Waals surface area contributed by atoms with Crippen molar-refractivity contribution in [3.8, 4) is 22.2 Å². The molecule has 0 amide bonds. The lowest BCUT2D eigenvalue weighted by Gasteiger charge is -2.09. The van der Waals surface area contributed by atoms with Crippen LogP contribution in [0.25, 0.3) is 16.2 Å². The molecule has 0 bridgehead atoms. The minimum absolute atomic E-state index is 0.589. The van der Waals surface area contributed by atoms with Gasteiger partial charge in [-0.2, -0.15) is 9.61 Å². The Kier molecular flexibility index (Phi) is 3.80. The van der Waals surface area contributed by atoms with Gasteiger partial charge < -0.3 is 4.74 Å². The van der Waals surface area contributed by atoms with Crippen LogP contribution in [0.3, 0.4) is 0 Å². The number of nitrogens with zero attached hydrogens (tertiary/aromatic N) is 3. The minimum atomic E-state index is 0.589. The van der Waals surface area contributed by atoms with Crippen LogP contribution in [-0.4, -0.2) is 14.6 Å². The summed E-state index contributed by atoms with van der Waals surface area (Å²) < 4.78 is 8.46. The first-order chi connectivity index (χ1) is 11.2. The molecule has 7 heteroatoms. The zero-order chi connectivity index (χ0) is 15.8. The first-order valence-corrected chi connectivity index (χ1v) is 8.77. The van der Waals surface area contributed by atoms with Crippen molar-refractivity contribution in [2.45, 2.75) is 0 Å². The maximum atomic E-state index is 5.98. The maximum absolute atomic E-state index is 5.98. The van der Waals surface area contributed by atoms with Crippen LogP contribution < -0.4 is 4.74 Å². The van der Waals surface area contributed by atoms with E-state index in [0.717, 1.165) is 15.0 Å². The van der Waals surface area contributed by atoms with Crippen molar-refractivity contribution in [3.63, 3.8) is 0 Å². The lowest BCUT2D eigenvalue weighted by Crippen LogP contribution is -1.98. The molecule has 0 aliphatic rings. The normalized spacial score (nSPS) is 11.0. The van der Waals surface area contributed by atoms with E-state index in [2.05, 4.69) is 26.0 Å². The Bertz CT molecular complexity index is 967. The Hall–Kier alpha value is -1.89. The molecule has 4 nitrogen and oxygen atoms in total. The molecule has 3 heterocycles. The van der Waals surface area contributed by atoms with Crippen LogP contribution in [-0.2, 0) is 0 Å². The summed E-state index contributed by atoms with van der Waals surface area (Å²) in [4.78, 5) is 5.73. The molecule has 0 spiro atoms. The van der Waals surface area contributed by atoms with Crippen molar-refractivity contribution in [1.29, 1.82) is 0 Å². The topological polar surface area (TPSA) is 39.4 Å². The molecule has 0 unspecified atom stereocenters. The average molecular weight is 407 g/mol. The predicted molar refractivity (Wildman–Crippen MR) is 95.5 cm³/mol. The maximum Gasteiger partial charge on any atom is 0.224 e. The van der Waals surface area contributed by atoms with Gasteiger partial charge in [0, 0.05) is 11.1 Å². The third-order valence-electron chi connectivity index (χ3n) is 3.21. The summed E-state index contributed by atoms with van der Waals surface area (Å²) in [6.45, 7) is 0. The van der Waals surface area contributed by atoms with Gasteiger partial charge in [-0.3, -0.25) is 0 Å². The van der Waals surface area contributed by atoms with Gasteiger partial charge in [-0.15, -0.1) is 11.3 Å². The highest BCUT2D eigenvalue weighted by Gasteiger charge is 2.13. The molecule has 0 saturated carbocycles. The number of hydrogen-bond acceptors (Lipinski definition) is 4. The fourth-order valence-corrected chi connectivity index (χ4v) is 3.32. The molecule has 114 valence electrons. The monoisotopic (exact) mass is 405 g/mol. The van der Waals surface area contributed by atoms with E-state index in [1.807, 2.05) is 35.7 Å². The molecule has 0 radical (unpaired) electrons. The van der Waals surface area contributed by atoms with Crippen LogP contribution in [0.4, 0.5) is 0 Å². The summed E-state index contributed by atoms with van der Waals surface area (Å²) in [5.74, 6) is 1.28. The minimum Gasteiger partial charge on any atom is -0.439 e. The standard InChI is InChI=1S/C16H9BrClN3OS/c17-12-9-19-21-15(22-11-5-3-10(18)4-6-11)8-13(20-16(12)21)14-2-1-7-23-14/h1-9H. The molecule has 0 atom stereocenters. The summed E-state index contributed by atoms with van der Waals surface area (Å²) >= 11 is 11.0. The van der Waals surface area contributed by atoms with Crippen LogP contribution in [0.2, 0.25) is 5.02 Å². The molecular weight excluding hydrogens is 398 g/mol. The molecule has 0 fully saturated rings. The van der Waals surface area contributed by atoms with Gasteiger partial charge in [0.1, 0.15) is 5.75 Å². The Balaban J connectivity index is 1.85. The average Bonchev–Trinajstić information content (AvgIpc) is 3.20. The van der Waals surface area contributed by atoms with Crippen LogP contribution >= 0.6 is 38.9 Å². The number of ether oxygens (including phenoxy) is 1. The van der Waals surface area contributed by atoms with Crippen LogP contribution in [0.5, 0.6) is 11.6 Å². The number of rotatable bonds is 3. The molecule has 3 aromatic heterocycles. The van der Waals surface area contributed by atoms with E-state index in [1.54, 1.807) is 34.2 Å². The Labute approximate surface area is 149 Å². The van der Waals surface area contributed by atoms with Gasteiger partial charge in [0.25, 0.3) is 0 Å². The highest BCUT2D eigenvalue weighted by atomic mass is 79.9. The van der Waals surface area contributed by atoms with Crippen molar-refractivity contribution in [2.24, 2.45) is 0 Å². The van der Waals surface area contributed by atoms with Gasteiger partial charge in [-0.25, -0.2) is 4.98 Å². The molecule has 1 aromatic carbocycles. The van der Waals surface area contributed by atoms with Gasteiger partial charge >= 0.3 is 0 Å². The Morgan fingerprint density at radius 1 is 1.17 bits per heavy atom. The lowest BCUT2D eigenvalue weighted by molar-refractivity contribution is 0.446. The van der Waals surface area contributed by atoms with Gasteiger partial charge in [0.15, 0.2) is 5.65 Å². The van der Waals surface area contributed by atoms with Gasteiger partial charge in [0.2, 0.25) is 5.88 Å². The summed E-state index contributed by atoms with van der Waals surface area (Å²) in [5.41, 5.74) is 1.55. The van der Waals surface area contributed by atoms with Crippen molar-refractivity contribution < 1.29 is 4.74 Å². The summed E-state index contributed by atoms with van der Waals surface area (Å²) in [6.07, 6.45) is 1.70. The number of halogens is 2. The second kappa shape index (κ2) is 5.96.